The average molecular weight is 435 g/mol. The lowest BCUT2D eigenvalue weighted by Gasteiger charge is -2.31. The quantitative estimate of drug-likeness (QED) is 0.470. The number of primary amides is 1. The second-order valence-electron chi connectivity index (χ2n) is 7.77. The fourth-order valence-electron chi connectivity index (χ4n) is 4.68. The van der Waals surface area contributed by atoms with Crippen LogP contribution in [0.4, 0.5) is 0 Å². The first kappa shape index (κ1) is 20.6. The van der Waals surface area contributed by atoms with Gasteiger partial charge in [-0.15, -0.1) is 0 Å². The van der Waals surface area contributed by atoms with Crippen LogP contribution in [0.25, 0.3) is 11.0 Å². The van der Waals surface area contributed by atoms with Crippen LogP contribution in [0.5, 0.6) is 0 Å². The van der Waals surface area contributed by atoms with Gasteiger partial charge in [-0.3, -0.25) is 9.59 Å². The number of nitrogens with one attached hydrogen (secondary N) is 2. The van der Waals surface area contributed by atoms with Gasteiger partial charge in [0.25, 0.3) is 5.91 Å². The van der Waals surface area contributed by atoms with Crippen molar-refractivity contribution in [3.8, 4) is 0 Å². The number of carboxylic acids is 1. The minimum Gasteiger partial charge on any atom is -0.481 e. The second kappa shape index (κ2) is 8.97. The third kappa shape index (κ3) is 4.41. The SMILES string of the molecule is NC(=O)c1cccc2[nH]c(C3NCCC3C(CCCC(=O)O)C3CCSS3)nc12. The maximum Gasteiger partial charge on any atom is 0.303 e. The van der Waals surface area contributed by atoms with Crippen molar-refractivity contribution in [2.75, 3.05) is 12.3 Å². The molecule has 1 aromatic heterocycles. The molecular weight excluding hydrogens is 408 g/mol. The van der Waals surface area contributed by atoms with Gasteiger partial charge < -0.3 is 21.1 Å². The zero-order chi connectivity index (χ0) is 20.4. The highest BCUT2D eigenvalue weighted by atomic mass is 33.1. The first-order valence-corrected chi connectivity index (χ1v) is 12.4. The number of nitrogens with two attached hydrogens (primary N) is 1. The topological polar surface area (TPSA) is 121 Å². The highest BCUT2D eigenvalue weighted by Crippen LogP contribution is 2.49. The van der Waals surface area contributed by atoms with Crippen LogP contribution in [0.2, 0.25) is 0 Å². The van der Waals surface area contributed by atoms with Crippen molar-refractivity contribution in [3.05, 3.63) is 29.6 Å². The van der Waals surface area contributed by atoms with Crippen LogP contribution in [0.1, 0.15) is 54.3 Å². The third-order valence-corrected chi connectivity index (χ3v) is 9.01. The van der Waals surface area contributed by atoms with Gasteiger partial charge in [-0.2, -0.15) is 0 Å². The number of aromatic amines is 1. The van der Waals surface area contributed by atoms with E-state index >= 15 is 0 Å². The number of aromatic nitrogens is 2. The maximum atomic E-state index is 11.8. The van der Waals surface area contributed by atoms with E-state index in [1.165, 1.54) is 6.42 Å². The maximum absolute atomic E-state index is 11.8. The summed E-state index contributed by atoms with van der Waals surface area (Å²) < 4.78 is 0. The van der Waals surface area contributed by atoms with Gasteiger partial charge in [-0.05, 0) is 56.2 Å². The predicted molar refractivity (Wildman–Crippen MR) is 117 cm³/mol. The van der Waals surface area contributed by atoms with E-state index in [1.807, 2.05) is 33.7 Å². The molecule has 7 nitrogen and oxygen atoms in total. The van der Waals surface area contributed by atoms with Crippen LogP contribution in [0.3, 0.4) is 0 Å². The number of aliphatic carboxylic acids is 1. The first-order valence-electron chi connectivity index (χ1n) is 10.1. The number of para-hydroxylation sites is 1. The Kier molecular flexibility index (Phi) is 6.36. The molecule has 4 unspecified atom stereocenters. The lowest BCUT2D eigenvalue weighted by atomic mass is 9.79. The normalized spacial score (nSPS) is 25.4. The lowest BCUT2D eigenvalue weighted by molar-refractivity contribution is -0.137. The number of fused-ring (bicyclic) bond motifs is 1. The van der Waals surface area contributed by atoms with Crippen molar-refractivity contribution in [2.45, 2.75) is 43.4 Å². The standard InChI is InChI=1S/C20H26N4O3S2/c21-19(27)13-4-1-5-14-17(13)24-20(23-14)18-12(7-9-22-18)11(3-2-6-16(25)26)15-8-10-28-29-15/h1,4-5,11-12,15,18,22H,2-3,6-10H2,(H2,21,27)(H,23,24)(H,25,26). The van der Waals surface area contributed by atoms with Crippen LogP contribution < -0.4 is 11.1 Å². The van der Waals surface area contributed by atoms with E-state index in [0.29, 0.717) is 34.6 Å². The molecule has 156 valence electrons. The number of hydrogen-bond acceptors (Lipinski definition) is 6. The van der Waals surface area contributed by atoms with Crippen LogP contribution >= 0.6 is 21.6 Å². The predicted octanol–water partition coefficient (Wildman–Crippen LogP) is 3.34. The van der Waals surface area contributed by atoms with Gasteiger partial charge in [0, 0.05) is 17.4 Å². The molecule has 1 aromatic carbocycles. The van der Waals surface area contributed by atoms with Crippen molar-refractivity contribution in [3.63, 3.8) is 0 Å². The highest BCUT2D eigenvalue weighted by molar-refractivity contribution is 8.77. The summed E-state index contributed by atoms with van der Waals surface area (Å²) in [5, 5.41) is 13.2. The Bertz CT molecular complexity index is 897. The fourth-order valence-corrected chi connectivity index (χ4v) is 7.96. The summed E-state index contributed by atoms with van der Waals surface area (Å²) in [5.41, 5.74) is 7.39. The van der Waals surface area contributed by atoms with Gasteiger partial charge in [0.15, 0.2) is 0 Å². The van der Waals surface area contributed by atoms with Gasteiger partial charge in [0.1, 0.15) is 11.3 Å². The van der Waals surface area contributed by atoms with E-state index in [0.717, 1.165) is 36.5 Å². The third-order valence-electron chi connectivity index (χ3n) is 5.99. The van der Waals surface area contributed by atoms with Crippen molar-refractivity contribution in [1.29, 1.82) is 0 Å². The molecule has 4 rings (SSSR count). The molecule has 0 bridgehead atoms. The lowest BCUT2D eigenvalue weighted by Crippen LogP contribution is -2.30. The number of benzene rings is 1. The summed E-state index contributed by atoms with van der Waals surface area (Å²) >= 11 is 0. The smallest absolute Gasteiger partial charge is 0.303 e. The summed E-state index contributed by atoms with van der Waals surface area (Å²) in [7, 11) is 3.87. The molecule has 3 heterocycles. The van der Waals surface area contributed by atoms with Gasteiger partial charge in [-0.25, -0.2) is 4.98 Å². The molecule has 0 saturated carbocycles. The number of rotatable bonds is 8. The van der Waals surface area contributed by atoms with Crippen LogP contribution in [0, 0.1) is 11.8 Å². The molecule has 0 radical (unpaired) electrons. The summed E-state index contributed by atoms with van der Waals surface area (Å²) in [5.74, 6) is 1.62. The summed E-state index contributed by atoms with van der Waals surface area (Å²) in [6.45, 7) is 0.912. The summed E-state index contributed by atoms with van der Waals surface area (Å²) in [6.07, 6.45) is 4.06. The largest absolute Gasteiger partial charge is 0.481 e. The molecule has 5 N–H and O–H groups in total. The first-order chi connectivity index (χ1) is 14.0. The van der Waals surface area contributed by atoms with E-state index in [-0.39, 0.29) is 12.5 Å². The minimum absolute atomic E-state index is 0.0733. The Morgan fingerprint density at radius 1 is 1.34 bits per heavy atom. The van der Waals surface area contributed by atoms with Crippen LogP contribution in [-0.4, -0.2) is 44.5 Å². The van der Waals surface area contributed by atoms with E-state index in [1.54, 1.807) is 6.07 Å². The molecule has 29 heavy (non-hydrogen) atoms. The summed E-state index contributed by atoms with van der Waals surface area (Å²) in [6, 6.07) is 5.50. The van der Waals surface area contributed by atoms with Crippen LogP contribution in [-0.2, 0) is 4.79 Å². The number of hydrogen-bond donors (Lipinski definition) is 4. The summed E-state index contributed by atoms with van der Waals surface area (Å²) in [4.78, 5) is 30.9. The van der Waals surface area contributed by atoms with Gasteiger partial charge in [-0.1, -0.05) is 27.7 Å². The molecular formula is C20H26N4O3S2. The molecule has 2 fully saturated rings. The highest BCUT2D eigenvalue weighted by Gasteiger charge is 2.40. The van der Waals surface area contributed by atoms with E-state index in [9.17, 15) is 9.59 Å². The Labute approximate surface area is 177 Å². The van der Waals surface area contributed by atoms with Crippen LogP contribution in [0.15, 0.2) is 18.2 Å². The number of imidazole rings is 1. The molecule has 0 aliphatic carbocycles. The number of nitrogens with zero attached hydrogens (tertiary/aromatic N) is 1. The average Bonchev–Trinajstić information content (AvgIpc) is 3.44. The zero-order valence-corrected chi connectivity index (χ0v) is 17.7. The molecule has 9 heteroatoms. The monoisotopic (exact) mass is 434 g/mol. The number of H-pyrrole nitrogens is 1. The Morgan fingerprint density at radius 2 is 2.21 bits per heavy atom. The van der Waals surface area contributed by atoms with Crippen molar-refractivity contribution < 1.29 is 14.7 Å². The number of carboxylic acid groups (broad SMARTS) is 1. The Balaban J connectivity index is 1.60. The number of carbonyl (C=O) groups excluding carboxylic acids is 1. The van der Waals surface area contributed by atoms with E-state index in [4.69, 9.17) is 15.8 Å². The zero-order valence-electron chi connectivity index (χ0n) is 16.1. The second-order valence-corrected chi connectivity index (χ2v) is 10.5. The van der Waals surface area contributed by atoms with Gasteiger partial charge in [0.2, 0.25) is 0 Å². The van der Waals surface area contributed by atoms with Crippen molar-refractivity contribution in [2.24, 2.45) is 17.6 Å². The Hall–Kier alpha value is -1.71. The fraction of sp³-hybridized carbons (Fsp3) is 0.550. The van der Waals surface area contributed by atoms with Crippen molar-refractivity contribution >= 4 is 44.5 Å². The molecule has 0 spiro atoms. The number of amides is 1. The number of carbonyl (C=O) groups is 2. The van der Waals surface area contributed by atoms with E-state index in [2.05, 4.69) is 10.3 Å². The van der Waals surface area contributed by atoms with Gasteiger partial charge >= 0.3 is 5.97 Å². The van der Waals surface area contributed by atoms with E-state index < -0.39 is 11.9 Å². The molecule has 4 atom stereocenters. The van der Waals surface area contributed by atoms with Gasteiger partial charge in [0.05, 0.1) is 17.1 Å². The molecule has 2 aliphatic heterocycles. The molecule has 1 amide bonds. The Morgan fingerprint density at radius 3 is 2.93 bits per heavy atom. The van der Waals surface area contributed by atoms with Crippen molar-refractivity contribution in [1.82, 2.24) is 15.3 Å². The minimum atomic E-state index is -0.727. The molecule has 2 aliphatic rings. The molecule has 2 aromatic rings. The molecule has 2 saturated heterocycles.